The Morgan fingerprint density at radius 3 is 1.49 bits per heavy atom. The molecule has 372 valence electrons. The van der Waals surface area contributed by atoms with E-state index in [1.807, 2.05) is 38.1 Å². The van der Waals surface area contributed by atoms with Gasteiger partial charge < -0.3 is 23.9 Å². The molecule has 0 aliphatic heterocycles. The first-order valence-corrected chi connectivity index (χ1v) is 23.9. The van der Waals surface area contributed by atoms with Gasteiger partial charge in [0.25, 0.3) is 17.1 Å². The lowest BCUT2D eigenvalue weighted by Gasteiger charge is -2.12. The third-order valence-corrected chi connectivity index (χ3v) is 11.8. The normalized spacial score (nSPS) is 10.9. The van der Waals surface area contributed by atoms with E-state index in [-0.39, 0.29) is 54.9 Å². The Bertz CT molecular complexity index is 3380. The van der Waals surface area contributed by atoms with Crippen LogP contribution in [0.4, 0.5) is 0 Å². The quantitative estimate of drug-likeness (QED) is 0.0528. The summed E-state index contributed by atoms with van der Waals surface area (Å²) in [7, 11) is 3.21. The highest BCUT2D eigenvalue weighted by Gasteiger charge is 2.22. The monoisotopic (exact) mass is 1070 g/mol. The van der Waals surface area contributed by atoms with Crippen molar-refractivity contribution in [2.75, 3.05) is 26.4 Å². The third kappa shape index (κ3) is 13.0. The summed E-state index contributed by atoms with van der Waals surface area (Å²) < 4.78 is 25.9. The summed E-state index contributed by atoms with van der Waals surface area (Å²) in [6.07, 6.45) is 2.84. The predicted molar refractivity (Wildman–Crippen MR) is 275 cm³/mol. The highest BCUT2D eigenvalue weighted by molar-refractivity contribution is 9.10. The number of halogens is 3. The highest BCUT2D eigenvalue weighted by Crippen LogP contribution is 2.22. The Hall–Kier alpha value is -7.06. The molecule has 18 nitrogen and oxygen atoms in total. The number of aliphatic hydroxyl groups is 1. The largest absolute Gasteiger partial charge is 0.491 e. The average molecular weight is 1070 g/mol. The number of rotatable bonds is 18. The fourth-order valence-corrected chi connectivity index (χ4v) is 8.02. The Morgan fingerprint density at radius 2 is 1.03 bits per heavy atom. The van der Waals surface area contributed by atoms with Crippen LogP contribution in [0.2, 0.25) is 10.0 Å². The van der Waals surface area contributed by atoms with Crippen LogP contribution in [0.3, 0.4) is 0 Å². The van der Waals surface area contributed by atoms with Gasteiger partial charge in [-0.3, -0.25) is 42.0 Å². The number of hydrogen-bond donors (Lipinski definition) is 1. The molecule has 4 aromatic heterocycles. The van der Waals surface area contributed by atoms with E-state index < -0.39 is 11.2 Å². The molecule has 4 aromatic carbocycles. The topological polar surface area (TPSA) is 206 Å². The first-order chi connectivity index (χ1) is 34.2. The van der Waals surface area contributed by atoms with Crippen molar-refractivity contribution in [2.45, 2.75) is 52.9 Å². The summed E-state index contributed by atoms with van der Waals surface area (Å²) in [6, 6.07) is 28.4. The molecule has 71 heavy (non-hydrogen) atoms. The van der Waals surface area contributed by atoms with Gasteiger partial charge in [0.05, 0.1) is 19.7 Å². The average Bonchev–Trinajstić information content (AvgIpc) is 3.91. The number of hydrogen-bond acceptors (Lipinski definition) is 12. The van der Waals surface area contributed by atoms with Crippen LogP contribution in [-0.2, 0) is 40.3 Å². The van der Waals surface area contributed by atoms with Crippen molar-refractivity contribution in [1.82, 2.24) is 37.4 Å². The van der Waals surface area contributed by atoms with Gasteiger partial charge >= 0.3 is 11.4 Å². The number of aryl methyl sites for hydroxylation is 2. The number of benzene rings is 4. The molecule has 0 saturated heterocycles. The second-order valence-corrected chi connectivity index (χ2v) is 17.4. The first-order valence-electron chi connectivity index (χ1n) is 22.4. The Labute approximate surface area is 425 Å². The van der Waals surface area contributed by atoms with Gasteiger partial charge in [-0.1, -0.05) is 85.6 Å². The zero-order valence-electron chi connectivity index (χ0n) is 39.3. The zero-order valence-corrected chi connectivity index (χ0v) is 42.4. The zero-order chi connectivity index (χ0) is 51.2. The molecule has 4 heterocycles. The van der Waals surface area contributed by atoms with Crippen molar-refractivity contribution in [3.63, 3.8) is 0 Å². The molecular formula is C50H51BrCl2N8O10. The number of aliphatic hydroxyl groups excluding tert-OH is 1. The van der Waals surface area contributed by atoms with Crippen molar-refractivity contribution in [1.29, 1.82) is 0 Å². The van der Waals surface area contributed by atoms with Crippen LogP contribution >= 0.6 is 39.1 Å². The van der Waals surface area contributed by atoms with E-state index in [1.165, 1.54) is 18.3 Å². The molecule has 21 heteroatoms. The van der Waals surface area contributed by atoms with Crippen LogP contribution in [0.15, 0.2) is 121 Å². The molecule has 0 spiro atoms. The Kier molecular flexibility index (Phi) is 18.9. The summed E-state index contributed by atoms with van der Waals surface area (Å²) in [5.41, 5.74) is 2.76. The van der Waals surface area contributed by atoms with E-state index in [9.17, 15) is 28.8 Å². The molecule has 1 N–H and O–H groups in total. The maximum Gasteiger partial charge on any atom is 0.332 e. The lowest BCUT2D eigenvalue weighted by Crippen LogP contribution is -2.39. The molecule has 0 amide bonds. The second-order valence-electron chi connectivity index (χ2n) is 15.8. The van der Waals surface area contributed by atoms with Crippen LogP contribution in [0, 0.1) is 0 Å². The molecule has 0 bridgehead atoms. The number of nitrogens with zero attached hydrogens (tertiary/aromatic N) is 8. The molecule has 0 fully saturated rings. The summed E-state index contributed by atoms with van der Waals surface area (Å²) in [5, 5.41) is 9.71. The summed E-state index contributed by atoms with van der Waals surface area (Å²) >= 11 is 15.3. The Morgan fingerprint density at radius 1 is 0.592 bits per heavy atom. The summed E-state index contributed by atoms with van der Waals surface area (Å²) in [5.74, 6) is 1.14. The van der Waals surface area contributed by atoms with Crippen molar-refractivity contribution in [3.8, 4) is 17.5 Å². The number of aromatic nitrogens is 8. The van der Waals surface area contributed by atoms with Crippen molar-refractivity contribution in [3.05, 3.63) is 176 Å². The van der Waals surface area contributed by atoms with Gasteiger partial charge in [-0.05, 0) is 88.4 Å². The predicted octanol–water partition coefficient (Wildman–Crippen LogP) is 6.92. The molecule has 8 rings (SSSR count). The number of ether oxygens (including phenoxy) is 3. The van der Waals surface area contributed by atoms with Crippen molar-refractivity contribution >= 4 is 74.0 Å². The van der Waals surface area contributed by atoms with Crippen molar-refractivity contribution in [2.24, 2.45) is 14.1 Å². The van der Waals surface area contributed by atoms with E-state index >= 15 is 0 Å². The fourth-order valence-electron chi connectivity index (χ4n) is 7.30. The minimum absolute atomic E-state index is 0.0225. The summed E-state index contributed by atoms with van der Waals surface area (Å²) in [6.45, 7) is 5.81. The SMILES string of the molecule is CCCn1c(=O)c2c(nc(Br)n2Cc2ccc(Cl)cc2)n(C)c1=O.CCCn1c(=O)c2c(nc(OCCOc3cccc(C=O)c3)n2Cc2ccc(Cl)cc2)n(C)c1=O.O=Cc1cccc(OCCO)c1. The van der Waals surface area contributed by atoms with Crippen LogP contribution in [0.5, 0.6) is 17.5 Å². The second kappa shape index (κ2) is 25.2. The third-order valence-electron chi connectivity index (χ3n) is 10.7. The van der Waals surface area contributed by atoms with Gasteiger partial charge in [-0.2, -0.15) is 4.98 Å². The number of carbonyl (C=O) groups excluding carboxylic acids is 2. The molecule has 8 aromatic rings. The fraction of sp³-hybridized carbons (Fsp3) is 0.280. The van der Waals surface area contributed by atoms with Crippen molar-refractivity contribution < 1.29 is 28.9 Å². The van der Waals surface area contributed by atoms with Gasteiger partial charge in [0.1, 0.15) is 43.9 Å². The summed E-state index contributed by atoms with van der Waals surface area (Å²) in [4.78, 5) is 81.4. The van der Waals surface area contributed by atoms with Crippen LogP contribution in [0.25, 0.3) is 22.3 Å². The van der Waals surface area contributed by atoms with E-state index in [2.05, 4.69) is 25.9 Å². The first kappa shape index (κ1) is 53.3. The van der Waals surface area contributed by atoms with Gasteiger partial charge in [-0.15, -0.1) is 0 Å². The van der Waals surface area contributed by atoms with Gasteiger partial charge in [0.2, 0.25) is 0 Å². The number of imidazole rings is 2. The standard InChI is InChI=1S/C25H25ClN4O5.C16H16BrClN4O2.C9H10O3/c1-3-11-29-23(32)21-22(28(2)25(29)33)27-24(30(21)15-17-7-9-19(26)10-8-17)35-13-12-34-20-6-4-5-18(14-20)16-31;1-3-8-21-14(23)12-13(20(2)16(21)24)19-15(17)22(12)9-10-4-6-11(18)7-5-10;10-4-5-12-9-3-1-2-8(6-9)7-11/h4-10,14,16H,3,11-13,15H2,1-2H3;4-7H,3,8-9H2,1-2H3;1-3,6-7,10H,4-5H2. The van der Waals surface area contributed by atoms with Crippen LogP contribution < -0.4 is 36.7 Å². The van der Waals surface area contributed by atoms with Crippen LogP contribution in [-0.4, -0.2) is 81.5 Å². The van der Waals surface area contributed by atoms with Gasteiger partial charge in [-0.25, -0.2) is 14.6 Å². The molecule has 0 unspecified atom stereocenters. The van der Waals surface area contributed by atoms with E-state index in [4.69, 9.17) is 42.5 Å². The Balaban J connectivity index is 0.000000197. The minimum Gasteiger partial charge on any atom is -0.491 e. The maximum absolute atomic E-state index is 13.3. The van der Waals surface area contributed by atoms with E-state index in [0.29, 0.717) is 87.6 Å². The van der Waals surface area contributed by atoms with Crippen LogP contribution in [0.1, 0.15) is 58.5 Å². The van der Waals surface area contributed by atoms with E-state index in [0.717, 1.165) is 23.7 Å². The molecule has 0 aliphatic rings. The molecule has 0 saturated carbocycles. The maximum atomic E-state index is 13.3. The number of carbonyl (C=O) groups is 2. The number of aldehydes is 2. The molecule has 0 aliphatic carbocycles. The highest BCUT2D eigenvalue weighted by atomic mass is 79.9. The number of fused-ring (bicyclic) bond motifs is 2. The van der Waals surface area contributed by atoms with Gasteiger partial charge in [0, 0.05) is 48.4 Å². The minimum atomic E-state index is -0.426. The molecule has 0 radical (unpaired) electrons. The lowest BCUT2D eigenvalue weighted by atomic mass is 10.2. The van der Waals surface area contributed by atoms with Gasteiger partial charge in [0.15, 0.2) is 27.1 Å². The molecule has 0 atom stereocenters. The lowest BCUT2D eigenvalue weighted by molar-refractivity contribution is 0.111. The van der Waals surface area contributed by atoms with E-state index in [1.54, 1.807) is 96.0 Å². The smallest absolute Gasteiger partial charge is 0.332 e. The molecular weight excluding hydrogens is 1020 g/mol.